The molecule has 3 atom stereocenters. The molecule has 22 heavy (non-hydrogen) atoms. The number of amides is 1. The molecule has 0 aromatic carbocycles. The van der Waals surface area contributed by atoms with Gasteiger partial charge in [0.2, 0.25) is 0 Å². The molecule has 122 valence electrons. The van der Waals surface area contributed by atoms with Gasteiger partial charge in [-0.05, 0) is 50.2 Å². The Hall–Kier alpha value is -1.33. The van der Waals surface area contributed by atoms with Crippen molar-refractivity contribution >= 4 is 5.91 Å². The van der Waals surface area contributed by atoms with Gasteiger partial charge in [0.1, 0.15) is 0 Å². The van der Waals surface area contributed by atoms with E-state index in [0.717, 1.165) is 18.7 Å². The normalized spacial score (nSPS) is 32.5. The number of nitrogens with zero attached hydrogens (tertiary/aromatic N) is 1. The van der Waals surface area contributed by atoms with Crippen LogP contribution in [0.1, 0.15) is 33.6 Å². The summed E-state index contributed by atoms with van der Waals surface area (Å²) < 4.78 is 0. The van der Waals surface area contributed by atoms with Crippen LogP contribution in [0.4, 0.5) is 0 Å². The number of aliphatic hydroxyl groups excluding tert-OH is 1. The molecule has 1 aliphatic carbocycles. The number of likely N-dealkylation sites (tertiary alicyclic amines) is 1. The molecule has 2 heterocycles. The zero-order valence-corrected chi connectivity index (χ0v) is 13.7. The van der Waals surface area contributed by atoms with E-state index in [0.29, 0.717) is 23.5 Å². The molecule has 0 radical (unpaired) electrons. The second-order valence-electron chi connectivity index (χ2n) is 7.19. The number of aliphatic hydroxyl groups is 1. The molecule has 1 amide bonds. The fraction of sp³-hybridized carbons (Fsp3) is 0.706. The first kappa shape index (κ1) is 15.6. The maximum atomic E-state index is 12.5. The third-order valence-electron chi connectivity index (χ3n) is 5.02. The van der Waals surface area contributed by atoms with Crippen molar-refractivity contribution < 1.29 is 9.90 Å². The summed E-state index contributed by atoms with van der Waals surface area (Å²) in [4.78, 5) is 14.9. The predicted octanol–water partition coefficient (Wildman–Crippen LogP) is 0.973. The molecule has 0 spiro atoms. The van der Waals surface area contributed by atoms with E-state index in [1.165, 1.54) is 12.8 Å². The summed E-state index contributed by atoms with van der Waals surface area (Å²) >= 11 is 0. The molecule has 2 fully saturated rings. The van der Waals surface area contributed by atoms with Crippen molar-refractivity contribution in [3.63, 3.8) is 0 Å². The average molecular weight is 305 g/mol. The molecule has 1 saturated heterocycles. The molecule has 3 rings (SSSR count). The standard InChI is InChI=1S/C17H27N3O2/c1-10(2)20-8-11(3)15(9-20)19-17(22)14-6-13(12-4-5-12)7-18-16(14)21/h6-7,10-12,15-16,18,21H,4-5,8-9H2,1-3H3,(H,19,22)/t11-,15+,16?/m0/s1. The van der Waals surface area contributed by atoms with Gasteiger partial charge in [-0.25, -0.2) is 0 Å². The Balaban J connectivity index is 1.65. The molecule has 1 saturated carbocycles. The summed E-state index contributed by atoms with van der Waals surface area (Å²) in [6.07, 6.45) is 5.17. The van der Waals surface area contributed by atoms with Crippen LogP contribution in [0, 0.1) is 11.8 Å². The van der Waals surface area contributed by atoms with Crippen LogP contribution in [0.15, 0.2) is 23.4 Å². The topological polar surface area (TPSA) is 64.6 Å². The molecular formula is C17H27N3O2. The maximum absolute atomic E-state index is 12.5. The highest BCUT2D eigenvalue weighted by molar-refractivity contribution is 5.95. The lowest BCUT2D eigenvalue weighted by molar-refractivity contribution is -0.119. The largest absolute Gasteiger partial charge is 0.369 e. The van der Waals surface area contributed by atoms with E-state index >= 15 is 0 Å². The average Bonchev–Trinajstić information content (AvgIpc) is 3.24. The lowest BCUT2D eigenvalue weighted by atomic mass is 10.0. The number of carbonyl (C=O) groups excluding carboxylic acids is 1. The Morgan fingerprint density at radius 2 is 2.14 bits per heavy atom. The molecular weight excluding hydrogens is 278 g/mol. The van der Waals surface area contributed by atoms with E-state index < -0.39 is 6.23 Å². The van der Waals surface area contributed by atoms with Crippen LogP contribution in [-0.2, 0) is 4.79 Å². The fourth-order valence-corrected chi connectivity index (χ4v) is 3.27. The van der Waals surface area contributed by atoms with Crippen molar-refractivity contribution in [2.75, 3.05) is 13.1 Å². The molecule has 3 aliphatic rings. The molecule has 0 bridgehead atoms. The summed E-state index contributed by atoms with van der Waals surface area (Å²) in [7, 11) is 0. The van der Waals surface area contributed by atoms with Crippen molar-refractivity contribution in [2.45, 2.75) is 51.9 Å². The van der Waals surface area contributed by atoms with Gasteiger partial charge in [-0.15, -0.1) is 0 Å². The van der Waals surface area contributed by atoms with Crippen LogP contribution in [0.25, 0.3) is 0 Å². The Morgan fingerprint density at radius 3 is 2.73 bits per heavy atom. The second kappa shape index (κ2) is 6.05. The molecule has 5 nitrogen and oxygen atoms in total. The summed E-state index contributed by atoms with van der Waals surface area (Å²) in [5.74, 6) is 0.845. The smallest absolute Gasteiger partial charge is 0.252 e. The highest BCUT2D eigenvalue weighted by atomic mass is 16.3. The van der Waals surface area contributed by atoms with Gasteiger partial charge in [0.05, 0.1) is 5.57 Å². The minimum atomic E-state index is -0.902. The lowest BCUT2D eigenvalue weighted by Crippen LogP contribution is -2.45. The summed E-state index contributed by atoms with van der Waals surface area (Å²) in [5, 5.41) is 16.1. The Kier molecular flexibility index (Phi) is 4.28. The molecule has 1 unspecified atom stereocenters. The number of carbonyl (C=O) groups is 1. The molecule has 0 aromatic heterocycles. The number of nitrogens with one attached hydrogen (secondary N) is 2. The highest BCUT2D eigenvalue weighted by Gasteiger charge is 2.34. The van der Waals surface area contributed by atoms with Crippen LogP contribution < -0.4 is 10.6 Å². The SMILES string of the molecule is CC(C)N1C[C@H](C)[C@H](NC(=O)C2=CC(C3CC3)=CNC2O)C1. The van der Waals surface area contributed by atoms with E-state index in [2.05, 4.69) is 36.3 Å². The van der Waals surface area contributed by atoms with E-state index in [1.54, 1.807) is 0 Å². The van der Waals surface area contributed by atoms with Crippen molar-refractivity contribution in [1.29, 1.82) is 0 Å². The van der Waals surface area contributed by atoms with Crippen LogP contribution in [0.3, 0.4) is 0 Å². The van der Waals surface area contributed by atoms with Crippen LogP contribution in [0.2, 0.25) is 0 Å². The van der Waals surface area contributed by atoms with Gasteiger partial charge in [0.25, 0.3) is 5.91 Å². The fourth-order valence-electron chi connectivity index (χ4n) is 3.27. The van der Waals surface area contributed by atoms with Gasteiger partial charge >= 0.3 is 0 Å². The third kappa shape index (κ3) is 3.20. The van der Waals surface area contributed by atoms with Gasteiger partial charge < -0.3 is 15.7 Å². The summed E-state index contributed by atoms with van der Waals surface area (Å²) in [6.45, 7) is 8.43. The Labute approximate surface area is 132 Å². The maximum Gasteiger partial charge on any atom is 0.252 e. The highest BCUT2D eigenvalue weighted by Crippen LogP contribution is 2.38. The quantitative estimate of drug-likeness (QED) is 0.724. The predicted molar refractivity (Wildman–Crippen MR) is 85.8 cm³/mol. The molecule has 0 aromatic rings. The van der Waals surface area contributed by atoms with Crippen molar-refractivity contribution in [3.8, 4) is 0 Å². The molecule has 3 N–H and O–H groups in total. The van der Waals surface area contributed by atoms with E-state index in [1.807, 2.05) is 12.3 Å². The van der Waals surface area contributed by atoms with E-state index in [9.17, 15) is 9.90 Å². The van der Waals surface area contributed by atoms with Crippen molar-refractivity contribution in [2.24, 2.45) is 11.8 Å². The van der Waals surface area contributed by atoms with Crippen LogP contribution in [0.5, 0.6) is 0 Å². The monoisotopic (exact) mass is 305 g/mol. The first-order valence-corrected chi connectivity index (χ1v) is 8.36. The van der Waals surface area contributed by atoms with Crippen LogP contribution in [-0.4, -0.2) is 47.3 Å². The van der Waals surface area contributed by atoms with Crippen molar-refractivity contribution in [1.82, 2.24) is 15.5 Å². The summed E-state index contributed by atoms with van der Waals surface area (Å²) in [5.41, 5.74) is 1.58. The van der Waals surface area contributed by atoms with Gasteiger partial charge in [-0.1, -0.05) is 6.92 Å². The van der Waals surface area contributed by atoms with Gasteiger partial charge in [-0.3, -0.25) is 9.69 Å². The zero-order chi connectivity index (χ0) is 15.9. The zero-order valence-electron chi connectivity index (χ0n) is 13.7. The van der Waals surface area contributed by atoms with E-state index in [4.69, 9.17) is 0 Å². The number of dihydropyridines is 1. The van der Waals surface area contributed by atoms with E-state index in [-0.39, 0.29) is 11.9 Å². The number of hydrogen-bond acceptors (Lipinski definition) is 4. The number of hydrogen-bond donors (Lipinski definition) is 3. The van der Waals surface area contributed by atoms with Gasteiger partial charge in [0, 0.05) is 31.4 Å². The van der Waals surface area contributed by atoms with Gasteiger partial charge in [0.15, 0.2) is 6.23 Å². The number of allylic oxidation sites excluding steroid dienone is 2. The first-order valence-electron chi connectivity index (χ1n) is 8.36. The third-order valence-corrected chi connectivity index (χ3v) is 5.02. The molecule has 2 aliphatic heterocycles. The summed E-state index contributed by atoms with van der Waals surface area (Å²) in [6, 6.07) is 0.646. The van der Waals surface area contributed by atoms with Crippen molar-refractivity contribution in [3.05, 3.63) is 23.4 Å². The number of rotatable bonds is 4. The lowest BCUT2D eigenvalue weighted by Gasteiger charge is -2.24. The first-order chi connectivity index (χ1) is 10.5. The Morgan fingerprint density at radius 1 is 1.41 bits per heavy atom. The second-order valence-corrected chi connectivity index (χ2v) is 7.19. The Bertz CT molecular complexity index is 508. The minimum Gasteiger partial charge on any atom is -0.369 e. The molecule has 5 heteroatoms. The van der Waals surface area contributed by atoms with Gasteiger partial charge in [-0.2, -0.15) is 0 Å². The van der Waals surface area contributed by atoms with Crippen LogP contribution >= 0.6 is 0 Å². The minimum absolute atomic E-state index is 0.145.